The Morgan fingerprint density at radius 1 is 0.971 bits per heavy atom. The molecule has 6 nitrogen and oxygen atoms in total. The second-order valence-electron chi connectivity index (χ2n) is 8.98. The topological polar surface area (TPSA) is 64.4 Å². The van der Waals surface area contributed by atoms with Crippen LogP contribution in [0.2, 0.25) is 0 Å². The van der Waals surface area contributed by atoms with Crippen molar-refractivity contribution in [1.29, 1.82) is 0 Å². The predicted octanol–water partition coefficient (Wildman–Crippen LogP) is 6.44. The monoisotopic (exact) mass is 477 g/mol. The third kappa shape index (κ3) is 6.50. The maximum Gasteiger partial charge on any atom is 0.266 e. The molecule has 0 aliphatic heterocycles. The molecule has 1 amide bonds. The largest absolute Gasteiger partial charge is 0.494 e. The fourth-order valence-corrected chi connectivity index (χ4v) is 4.48. The number of nitrogens with zero attached hydrogens (tertiary/aromatic N) is 3. The quantitative estimate of drug-likeness (QED) is 0.266. The lowest BCUT2D eigenvalue weighted by atomic mass is 10.1. The number of carbonyl (C=O) groups excluding carboxylic acids is 1. The van der Waals surface area contributed by atoms with Crippen molar-refractivity contribution >= 4 is 16.8 Å². The summed E-state index contributed by atoms with van der Waals surface area (Å²) in [5, 5.41) is 0.557. The van der Waals surface area contributed by atoms with Crippen LogP contribution in [0.15, 0.2) is 53.3 Å². The van der Waals surface area contributed by atoms with Gasteiger partial charge in [0.2, 0.25) is 5.91 Å². The third-order valence-electron chi connectivity index (χ3n) is 6.33. The first-order chi connectivity index (χ1) is 17.0. The molecule has 0 aliphatic rings. The molecule has 0 spiro atoms. The summed E-state index contributed by atoms with van der Waals surface area (Å²) in [4.78, 5) is 33.8. The molecule has 0 aliphatic carbocycles. The van der Waals surface area contributed by atoms with Crippen LogP contribution >= 0.6 is 0 Å². The zero-order valence-electron chi connectivity index (χ0n) is 21.6. The van der Waals surface area contributed by atoms with Crippen LogP contribution in [0.4, 0.5) is 0 Å². The highest BCUT2D eigenvalue weighted by Gasteiger charge is 2.26. The lowest BCUT2D eigenvalue weighted by molar-refractivity contribution is -0.133. The lowest BCUT2D eigenvalue weighted by Gasteiger charge is -2.30. The summed E-state index contributed by atoms with van der Waals surface area (Å²) in [6, 6.07) is 14.5. The molecule has 6 heteroatoms. The number of aromatic nitrogens is 2. The number of amides is 1. The van der Waals surface area contributed by atoms with Gasteiger partial charge in [0, 0.05) is 13.0 Å². The molecule has 0 saturated heterocycles. The number of ether oxygens (including phenoxy) is 1. The van der Waals surface area contributed by atoms with E-state index in [1.165, 1.54) is 12.8 Å². The molecule has 0 saturated carbocycles. The van der Waals surface area contributed by atoms with E-state index >= 15 is 0 Å². The molecule has 1 heterocycles. The number of hydrogen-bond donors (Lipinski definition) is 0. The summed E-state index contributed by atoms with van der Waals surface area (Å²) in [5.41, 5.74) is 1.22. The van der Waals surface area contributed by atoms with E-state index in [-0.39, 0.29) is 17.5 Å². The molecular weight excluding hydrogens is 438 g/mol. The summed E-state index contributed by atoms with van der Waals surface area (Å²) in [6.45, 7) is 9.38. The second-order valence-corrected chi connectivity index (χ2v) is 8.98. The van der Waals surface area contributed by atoms with E-state index in [1.807, 2.05) is 61.2 Å². The number of hydrogen-bond acceptors (Lipinski definition) is 4. The molecule has 3 rings (SSSR count). The highest BCUT2D eigenvalue weighted by Crippen LogP contribution is 2.25. The van der Waals surface area contributed by atoms with Gasteiger partial charge in [0.05, 0.1) is 29.2 Å². The Morgan fingerprint density at radius 2 is 1.69 bits per heavy atom. The average Bonchev–Trinajstić information content (AvgIpc) is 2.87. The SMILES string of the molecule is CCCCCCCC(=O)N(CCC)C(C)c1nc2ccccc2c(=O)n1-c1ccc(OCC)cc1. The van der Waals surface area contributed by atoms with Crippen LogP contribution < -0.4 is 10.3 Å². The molecule has 0 radical (unpaired) electrons. The van der Waals surface area contributed by atoms with Crippen molar-refractivity contribution in [2.24, 2.45) is 0 Å². The minimum Gasteiger partial charge on any atom is -0.494 e. The lowest BCUT2D eigenvalue weighted by Crippen LogP contribution is -2.37. The molecule has 0 bridgehead atoms. The number of unbranched alkanes of at least 4 members (excludes halogenated alkanes) is 4. The van der Waals surface area contributed by atoms with Crippen LogP contribution in [-0.4, -0.2) is 33.5 Å². The van der Waals surface area contributed by atoms with Crippen molar-refractivity contribution in [3.8, 4) is 11.4 Å². The van der Waals surface area contributed by atoms with Gasteiger partial charge in [0.15, 0.2) is 0 Å². The number of benzene rings is 2. The van der Waals surface area contributed by atoms with Crippen molar-refractivity contribution in [2.75, 3.05) is 13.2 Å². The third-order valence-corrected chi connectivity index (χ3v) is 6.33. The first-order valence-corrected chi connectivity index (χ1v) is 13.1. The van der Waals surface area contributed by atoms with Gasteiger partial charge in [-0.2, -0.15) is 0 Å². The van der Waals surface area contributed by atoms with Crippen LogP contribution in [0.3, 0.4) is 0 Å². The Bertz CT molecular complexity index is 1150. The molecule has 3 aromatic rings. The smallest absolute Gasteiger partial charge is 0.266 e. The maximum atomic E-state index is 13.7. The summed E-state index contributed by atoms with van der Waals surface area (Å²) in [5.74, 6) is 1.45. The van der Waals surface area contributed by atoms with Gasteiger partial charge >= 0.3 is 0 Å². The van der Waals surface area contributed by atoms with E-state index in [4.69, 9.17) is 9.72 Å². The molecular formula is C29H39N3O3. The summed E-state index contributed by atoms with van der Waals surface area (Å²) >= 11 is 0. The molecule has 1 aromatic heterocycles. The summed E-state index contributed by atoms with van der Waals surface area (Å²) in [7, 11) is 0. The van der Waals surface area contributed by atoms with Gasteiger partial charge < -0.3 is 9.64 Å². The van der Waals surface area contributed by atoms with Gasteiger partial charge in [-0.3, -0.25) is 14.2 Å². The average molecular weight is 478 g/mol. The first kappa shape index (κ1) is 26.5. The molecule has 0 fully saturated rings. The Hall–Kier alpha value is -3.15. The van der Waals surface area contributed by atoms with Crippen LogP contribution in [-0.2, 0) is 4.79 Å². The standard InChI is InChI=1S/C29H39N3O3/c1-5-8-9-10-11-16-27(33)31(21-6-2)22(4)28-30-26-15-13-12-14-25(26)29(34)32(28)23-17-19-24(20-18-23)35-7-3/h12-15,17-20,22H,5-11,16,21H2,1-4H3. The fraction of sp³-hybridized carbons (Fsp3) is 0.483. The van der Waals surface area contributed by atoms with Gasteiger partial charge in [-0.1, -0.05) is 51.7 Å². The van der Waals surface area contributed by atoms with Crippen LogP contribution in [0.25, 0.3) is 16.6 Å². The van der Waals surface area contributed by atoms with E-state index < -0.39 is 0 Å². The molecule has 1 atom stereocenters. The van der Waals surface area contributed by atoms with Crippen molar-refractivity contribution in [3.63, 3.8) is 0 Å². The Kier molecular flexibility index (Phi) is 9.88. The van der Waals surface area contributed by atoms with Gasteiger partial charge in [0.25, 0.3) is 5.56 Å². The molecule has 2 aromatic carbocycles. The van der Waals surface area contributed by atoms with Crippen molar-refractivity contribution in [2.45, 2.75) is 78.7 Å². The van der Waals surface area contributed by atoms with Crippen LogP contribution in [0, 0.1) is 0 Å². The molecule has 1 unspecified atom stereocenters. The minimum atomic E-state index is -0.345. The number of para-hydroxylation sites is 1. The van der Waals surface area contributed by atoms with E-state index in [2.05, 4.69) is 13.8 Å². The number of carbonyl (C=O) groups is 1. The van der Waals surface area contributed by atoms with Crippen molar-refractivity contribution in [3.05, 3.63) is 64.7 Å². The van der Waals surface area contributed by atoms with Gasteiger partial charge in [-0.15, -0.1) is 0 Å². The van der Waals surface area contributed by atoms with E-state index in [1.54, 1.807) is 10.6 Å². The van der Waals surface area contributed by atoms with Gasteiger partial charge in [0.1, 0.15) is 11.6 Å². The van der Waals surface area contributed by atoms with Crippen LogP contribution in [0.1, 0.15) is 84.5 Å². The molecule has 35 heavy (non-hydrogen) atoms. The molecule has 0 N–H and O–H groups in total. The zero-order valence-corrected chi connectivity index (χ0v) is 21.6. The fourth-order valence-electron chi connectivity index (χ4n) is 4.48. The van der Waals surface area contributed by atoms with Crippen LogP contribution in [0.5, 0.6) is 5.75 Å². The van der Waals surface area contributed by atoms with Crippen molar-refractivity contribution < 1.29 is 9.53 Å². The maximum absolute atomic E-state index is 13.7. The Balaban J connectivity index is 2.01. The van der Waals surface area contributed by atoms with E-state index in [0.29, 0.717) is 42.0 Å². The second kappa shape index (κ2) is 13.1. The zero-order chi connectivity index (χ0) is 25.2. The summed E-state index contributed by atoms with van der Waals surface area (Å²) in [6.07, 6.45) is 6.88. The first-order valence-electron chi connectivity index (χ1n) is 13.1. The predicted molar refractivity (Wildman–Crippen MR) is 142 cm³/mol. The van der Waals surface area contributed by atoms with E-state index in [9.17, 15) is 9.59 Å². The Labute approximate surface area is 208 Å². The van der Waals surface area contributed by atoms with Gasteiger partial charge in [-0.25, -0.2) is 4.98 Å². The minimum absolute atomic E-state index is 0.122. The number of fused-ring (bicyclic) bond motifs is 1. The van der Waals surface area contributed by atoms with E-state index in [0.717, 1.165) is 31.4 Å². The molecule has 188 valence electrons. The van der Waals surface area contributed by atoms with Gasteiger partial charge in [-0.05, 0) is 63.1 Å². The highest BCUT2D eigenvalue weighted by molar-refractivity contribution is 5.79. The highest BCUT2D eigenvalue weighted by atomic mass is 16.5. The normalized spacial score (nSPS) is 12.0. The van der Waals surface area contributed by atoms with Crippen molar-refractivity contribution in [1.82, 2.24) is 14.5 Å². The number of rotatable bonds is 13. The Morgan fingerprint density at radius 3 is 2.37 bits per heavy atom. The summed E-state index contributed by atoms with van der Waals surface area (Å²) < 4.78 is 7.24.